The van der Waals surface area contributed by atoms with Crippen molar-refractivity contribution in [3.63, 3.8) is 0 Å². The van der Waals surface area contributed by atoms with Crippen molar-refractivity contribution in [2.75, 3.05) is 38.9 Å². The number of ether oxygens (including phenoxy) is 3. The van der Waals surface area contributed by atoms with Crippen molar-refractivity contribution in [2.24, 2.45) is 0 Å². The van der Waals surface area contributed by atoms with Crippen LogP contribution in [0.4, 0.5) is 5.69 Å². The van der Waals surface area contributed by atoms with Gasteiger partial charge >= 0.3 is 11.9 Å². The van der Waals surface area contributed by atoms with Crippen LogP contribution in [0, 0.1) is 0 Å². The van der Waals surface area contributed by atoms with E-state index >= 15 is 0 Å². The smallest absolute Gasteiger partial charge is 0.345 e. The van der Waals surface area contributed by atoms with Crippen molar-refractivity contribution < 1.29 is 33.7 Å². The Bertz CT molecular complexity index is 1630. The molecule has 0 saturated heterocycles. The van der Waals surface area contributed by atoms with E-state index < -0.39 is 11.9 Å². The molecule has 11 heteroatoms. The maximum atomic E-state index is 13.3. The lowest BCUT2D eigenvalue weighted by atomic mass is 10.0. The molecule has 236 valence electrons. The number of hydrogen-bond donors (Lipinski definition) is 1. The summed E-state index contributed by atoms with van der Waals surface area (Å²) in [4.78, 5) is 40.8. The molecule has 0 aliphatic heterocycles. The molecule has 0 spiro atoms. The first-order valence-corrected chi connectivity index (χ1v) is 14.8. The molecule has 1 heterocycles. The second-order valence-corrected chi connectivity index (χ2v) is 10.3. The van der Waals surface area contributed by atoms with Crippen molar-refractivity contribution in [3.05, 3.63) is 82.9 Å². The fourth-order valence-corrected chi connectivity index (χ4v) is 4.77. The molecule has 0 atom stereocenters. The lowest BCUT2D eigenvalue weighted by Crippen LogP contribution is -2.22. The Morgan fingerprint density at radius 1 is 0.911 bits per heavy atom. The fraction of sp³-hybridized carbons (Fsp3) is 0.324. The second kappa shape index (κ2) is 15.6. The van der Waals surface area contributed by atoms with Crippen LogP contribution in [0.1, 0.15) is 54.6 Å². The zero-order chi connectivity index (χ0) is 32.3. The predicted molar refractivity (Wildman–Crippen MR) is 170 cm³/mol. The second-order valence-electron chi connectivity index (χ2n) is 10.3. The summed E-state index contributed by atoms with van der Waals surface area (Å²) in [5, 5.41) is 20.6. The van der Waals surface area contributed by atoms with E-state index in [4.69, 9.17) is 14.2 Å². The van der Waals surface area contributed by atoms with Crippen molar-refractivity contribution in [3.8, 4) is 11.4 Å². The Morgan fingerprint density at radius 2 is 1.56 bits per heavy atom. The Kier molecular flexibility index (Phi) is 11.4. The van der Waals surface area contributed by atoms with Crippen molar-refractivity contribution in [2.45, 2.75) is 39.7 Å². The molecule has 0 radical (unpaired) electrons. The highest BCUT2D eigenvalue weighted by atomic mass is 16.5. The van der Waals surface area contributed by atoms with E-state index in [0.717, 1.165) is 12.1 Å². The van der Waals surface area contributed by atoms with E-state index in [1.165, 1.54) is 25.1 Å². The van der Waals surface area contributed by atoms with E-state index in [2.05, 4.69) is 10.2 Å². The molecular weight excluding hydrogens is 576 g/mol. The van der Waals surface area contributed by atoms with Crippen molar-refractivity contribution >= 4 is 40.5 Å². The summed E-state index contributed by atoms with van der Waals surface area (Å²) < 4.78 is 15.0. The SMILES string of the molecule is CCCOCCCC(=O)c1cc(CN(CC)c2ccc(C=C(C(=O)OC)C(=O)OC)cc2)c(O)c(-n2nc3ccccc3n2)c1. The number of carbonyl (C=O) groups excluding carboxylic acids is 3. The monoisotopic (exact) mass is 614 g/mol. The van der Waals surface area contributed by atoms with Gasteiger partial charge in [0.25, 0.3) is 0 Å². The minimum atomic E-state index is -0.796. The van der Waals surface area contributed by atoms with Gasteiger partial charge in [-0.2, -0.15) is 0 Å². The Hall–Kier alpha value is -5.03. The largest absolute Gasteiger partial charge is 0.505 e. The lowest BCUT2D eigenvalue weighted by Gasteiger charge is -2.24. The van der Waals surface area contributed by atoms with Gasteiger partial charge in [-0.05, 0) is 67.8 Å². The number of anilines is 1. The lowest BCUT2D eigenvalue weighted by molar-refractivity contribution is -0.143. The quantitative estimate of drug-likeness (QED) is 0.0471. The highest BCUT2D eigenvalue weighted by Crippen LogP contribution is 2.31. The summed E-state index contributed by atoms with van der Waals surface area (Å²) in [6.07, 6.45) is 3.20. The fourth-order valence-electron chi connectivity index (χ4n) is 4.77. The third-order valence-electron chi connectivity index (χ3n) is 7.16. The first kappa shape index (κ1) is 32.9. The Morgan fingerprint density at radius 3 is 2.13 bits per heavy atom. The summed E-state index contributed by atoms with van der Waals surface area (Å²) in [5.41, 5.74) is 3.80. The highest BCUT2D eigenvalue weighted by Gasteiger charge is 2.21. The number of aromatic nitrogens is 3. The van der Waals surface area contributed by atoms with Gasteiger partial charge in [0.15, 0.2) is 5.78 Å². The number of ketones is 1. The van der Waals surface area contributed by atoms with Crippen molar-refractivity contribution in [1.29, 1.82) is 0 Å². The summed E-state index contributed by atoms with van der Waals surface area (Å²) in [5.74, 6) is -1.69. The molecule has 0 bridgehead atoms. The number of fused-ring (bicyclic) bond motifs is 1. The third kappa shape index (κ3) is 8.12. The molecule has 0 unspecified atom stereocenters. The number of rotatable bonds is 15. The topological polar surface area (TPSA) is 133 Å². The number of benzene rings is 3. The summed E-state index contributed by atoms with van der Waals surface area (Å²) >= 11 is 0. The van der Waals surface area contributed by atoms with Gasteiger partial charge in [0.2, 0.25) is 0 Å². The molecule has 4 rings (SSSR count). The van der Waals surface area contributed by atoms with Gasteiger partial charge < -0.3 is 24.2 Å². The molecule has 3 aromatic carbocycles. The van der Waals surface area contributed by atoms with E-state index in [9.17, 15) is 19.5 Å². The molecule has 1 N–H and O–H groups in total. The van der Waals surface area contributed by atoms with Gasteiger partial charge in [-0.1, -0.05) is 31.2 Å². The average molecular weight is 615 g/mol. The number of methoxy groups -OCH3 is 2. The first-order valence-electron chi connectivity index (χ1n) is 14.8. The van der Waals surface area contributed by atoms with Crippen LogP contribution in [0.5, 0.6) is 5.75 Å². The van der Waals surface area contributed by atoms with Gasteiger partial charge in [-0.15, -0.1) is 15.0 Å². The van der Waals surface area contributed by atoms with Gasteiger partial charge in [-0.3, -0.25) is 4.79 Å². The normalized spacial score (nSPS) is 10.8. The van der Waals surface area contributed by atoms with Crippen molar-refractivity contribution in [1.82, 2.24) is 15.0 Å². The number of phenols is 1. The molecule has 45 heavy (non-hydrogen) atoms. The average Bonchev–Trinajstić information content (AvgIpc) is 3.50. The molecule has 0 fully saturated rings. The maximum absolute atomic E-state index is 13.3. The van der Waals surface area contributed by atoms with Crippen LogP contribution in [0.25, 0.3) is 22.8 Å². The zero-order valence-corrected chi connectivity index (χ0v) is 26.0. The van der Waals surface area contributed by atoms with Crippen LogP contribution in [0.15, 0.2) is 66.2 Å². The van der Waals surface area contributed by atoms with Crippen LogP contribution < -0.4 is 4.90 Å². The minimum absolute atomic E-state index is 0.0306. The Labute approximate surface area is 262 Å². The maximum Gasteiger partial charge on any atom is 0.345 e. The molecule has 4 aromatic rings. The molecule has 1 aromatic heterocycles. The predicted octanol–water partition coefficient (Wildman–Crippen LogP) is 5.27. The van der Waals surface area contributed by atoms with E-state index in [1.54, 1.807) is 24.3 Å². The van der Waals surface area contributed by atoms with E-state index in [0.29, 0.717) is 66.0 Å². The number of Topliss-reactive ketones (excluding diaryl/α,β-unsaturated/α-hetero) is 1. The van der Waals surface area contributed by atoms with E-state index in [1.807, 2.05) is 55.1 Å². The number of phenolic OH excluding ortho intramolecular Hbond substituents is 1. The van der Waals surface area contributed by atoms with Crippen LogP contribution in [-0.2, 0) is 30.3 Å². The molecule has 0 amide bonds. The van der Waals surface area contributed by atoms with Gasteiger partial charge in [0.1, 0.15) is 28.0 Å². The van der Waals surface area contributed by atoms with Gasteiger partial charge in [0, 0.05) is 49.5 Å². The molecule has 0 saturated carbocycles. The number of carbonyl (C=O) groups is 3. The van der Waals surface area contributed by atoms with Crippen LogP contribution in [0.2, 0.25) is 0 Å². The molecule has 0 aliphatic rings. The Balaban J connectivity index is 1.66. The summed E-state index contributed by atoms with van der Waals surface area (Å²) in [6, 6.07) is 17.9. The van der Waals surface area contributed by atoms with Crippen LogP contribution in [-0.4, -0.2) is 71.8 Å². The minimum Gasteiger partial charge on any atom is -0.505 e. The van der Waals surface area contributed by atoms with E-state index in [-0.39, 0.29) is 23.7 Å². The zero-order valence-electron chi connectivity index (χ0n) is 26.0. The van der Waals surface area contributed by atoms with Crippen LogP contribution in [0.3, 0.4) is 0 Å². The summed E-state index contributed by atoms with van der Waals surface area (Å²) in [7, 11) is 2.38. The molecule has 0 aliphatic carbocycles. The van der Waals surface area contributed by atoms with Crippen LogP contribution >= 0.6 is 0 Å². The summed E-state index contributed by atoms with van der Waals surface area (Å²) in [6.45, 7) is 6.03. The standard InChI is InChI=1S/C34H38N4O7/c1-5-17-45-18-9-12-31(39)24-20-25(32(40)30(21-24)38-35-28-10-7-8-11-29(28)36-38)22-37(6-2)26-15-13-23(14-16-26)19-27(33(41)43-3)34(42)44-4/h7-8,10-11,13-16,19-21,40H,5-6,9,12,17-18,22H2,1-4H3. The van der Waals surface area contributed by atoms with Gasteiger partial charge in [0.05, 0.1) is 14.2 Å². The molecular formula is C34H38N4O7. The number of esters is 2. The number of hydrogen-bond acceptors (Lipinski definition) is 10. The number of aromatic hydroxyl groups is 1. The number of nitrogens with zero attached hydrogens (tertiary/aromatic N) is 4. The van der Waals surface area contributed by atoms with Gasteiger partial charge in [-0.25, -0.2) is 9.59 Å². The third-order valence-corrected chi connectivity index (χ3v) is 7.16. The molecule has 11 nitrogen and oxygen atoms in total. The first-order chi connectivity index (χ1) is 21.8. The highest BCUT2D eigenvalue weighted by molar-refractivity contribution is 6.17.